The van der Waals surface area contributed by atoms with Gasteiger partial charge in [-0.3, -0.25) is 9.69 Å². The minimum atomic E-state index is -0.0399. The monoisotopic (exact) mass is 452 g/mol. The van der Waals surface area contributed by atoms with Crippen molar-refractivity contribution in [2.45, 2.75) is 45.7 Å². The van der Waals surface area contributed by atoms with Gasteiger partial charge in [-0.15, -0.1) is 0 Å². The molecule has 32 heavy (non-hydrogen) atoms. The Bertz CT molecular complexity index is 1030. The molecule has 1 N–H and O–H groups in total. The lowest BCUT2D eigenvalue weighted by molar-refractivity contribution is -0.127. The summed E-state index contributed by atoms with van der Waals surface area (Å²) >= 11 is 5.95. The van der Waals surface area contributed by atoms with E-state index in [0.717, 1.165) is 36.9 Å². The van der Waals surface area contributed by atoms with Crippen LogP contribution in [0.3, 0.4) is 0 Å². The summed E-state index contributed by atoms with van der Waals surface area (Å²) in [6, 6.07) is 15.8. The number of nitrogens with zero attached hydrogens (tertiary/aromatic N) is 3. The van der Waals surface area contributed by atoms with E-state index in [0.29, 0.717) is 29.8 Å². The Kier molecular flexibility index (Phi) is 7.22. The van der Waals surface area contributed by atoms with Crippen LogP contribution < -0.4 is 5.32 Å². The van der Waals surface area contributed by atoms with E-state index in [1.165, 1.54) is 5.56 Å². The maximum atomic E-state index is 13.0. The fraction of sp³-hybridized carbons (Fsp3) is 0.400. The lowest BCUT2D eigenvalue weighted by Gasteiger charge is -2.32. The normalized spacial score (nSPS) is 17.8. The summed E-state index contributed by atoms with van der Waals surface area (Å²) in [6.45, 7) is 6.32. The molecule has 4 rings (SSSR count). The number of carbonyl (C=O) groups is 1. The second kappa shape index (κ2) is 10.3. The van der Waals surface area contributed by atoms with Crippen molar-refractivity contribution in [3.05, 3.63) is 70.6 Å². The van der Waals surface area contributed by atoms with Crippen molar-refractivity contribution in [1.82, 2.24) is 20.4 Å². The number of likely N-dealkylation sites (tertiary alicyclic amines) is 1. The van der Waals surface area contributed by atoms with E-state index in [1.54, 1.807) is 12.1 Å². The molecular formula is C25H29ClN4O2. The van der Waals surface area contributed by atoms with Crippen LogP contribution in [0, 0.1) is 12.8 Å². The Morgan fingerprint density at radius 1 is 1.22 bits per heavy atom. The fourth-order valence-corrected chi connectivity index (χ4v) is 4.28. The summed E-state index contributed by atoms with van der Waals surface area (Å²) in [6.07, 6.45) is 2.73. The molecule has 1 amide bonds. The quantitative estimate of drug-likeness (QED) is 0.535. The number of benzene rings is 2. The molecule has 0 saturated carbocycles. The molecule has 2 heterocycles. The second-order valence-corrected chi connectivity index (χ2v) is 8.91. The van der Waals surface area contributed by atoms with E-state index in [1.807, 2.05) is 12.1 Å². The Hall–Kier alpha value is -2.70. The SMILES string of the molecule is CCC(NC(=O)C1CCCN(Cc2nc(-c3ccc(Cl)cc3)no2)C1)c1ccc(C)cc1. The van der Waals surface area contributed by atoms with Gasteiger partial charge in [-0.25, -0.2) is 0 Å². The van der Waals surface area contributed by atoms with Crippen LogP contribution in [0.15, 0.2) is 53.1 Å². The fourth-order valence-electron chi connectivity index (χ4n) is 4.15. The topological polar surface area (TPSA) is 71.3 Å². The first-order chi connectivity index (χ1) is 15.5. The first-order valence-corrected chi connectivity index (χ1v) is 11.6. The number of aromatic nitrogens is 2. The third-order valence-electron chi connectivity index (χ3n) is 6.01. The molecule has 7 heteroatoms. The van der Waals surface area contributed by atoms with E-state index in [-0.39, 0.29) is 17.9 Å². The number of carbonyl (C=O) groups excluding carboxylic acids is 1. The minimum absolute atomic E-state index is 0.0383. The number of hydrogen-bond acceptors (Lipinski definition) is 5. The molecule has 1 saturated heterocycles. The van der Waals surface area contributed by atoms with Crippen molar-refractivity contribution < 1.29 is 9.32 Å². The van der Waals surface area contributed by atoms with Gasteiger partial charge in [-0.05, 0) is 62.6 Å². The molecule has 2 aromatic carbocycles. The number of piperidine rings is 1. The van der Waals surface area contributed by atoms with Gasteiger partial charge in [0.2, 0.25) is 17.6 Å². The lowest BCUT2D eigenvalue weighted by atomic mass is 9.95. The Morgan fingerprint density at radius 3 is 2.69 bits per heavy atom. The average Bonchev–Trinajstić information content (AvgIpc) is 3.27. The Balaban J connectivity index is 1.35. The summed E-state index contributed by atoms with van der Waals surface area (Å²) in [5.41, 5.74) is 3.24. The molecule has 2 atom stereocenters. The zero-order valence-electron chi connectivity index (χ0n) is 18.6. The van der Waals surface area contributed by atoms with Crippen LogP contribution in [0.1, 0.15) is 49.2 Å². The Morgan fingerprint density at radius 2 is 1.97 bits per heavy atom. The van der Waals surface area contributed by atoms with Crippen molar-refractivity contribution in [3.63, 3.8) is 0 Å². The van der Waals surface area contributed by atoms with Crippen molar-refractivity contribution in [2.24, 2.45) is 5.92 Å². The standard InChI is InChI=1S/C25H29ClN4O2/c1-3-22(18-8-6-17(2)7-9-18)27-25(31)20-5-4-14-30(15-20)16-23-28-24(29-32-23)19-10-12-21(26)13-11-19/h6-13,20,22H,3-5,14-16H2,1-2H3,(H,27,31). The number of nitrogens with one attached hydrogen (secondary N) is 1. The summed E-state index contributed by atoms with van der Waals surface area (Å²) in [5, 5.41) is 8.02. The first kappa shape index (κ1) is 22.5. The number of aryl methyl sites for hydroxylation is 1. The molecule has 0 bridgehead atoms. The molecule has 1 fully saturated rings. The van der Waals surface area contributed by atoms with E-state index in [2.05, 4.69) is 58.5 Å². The minimum Gasteiger partial charge on any atom is -0.349 e. The Labute approximate surface area is 194 Å². The summed E-state index contributed by atoms with van der Waals surface area (Å²) < 4.78 is 5.46. The lowest BCUT2D eigenvalue weighted by Crippen LogP contribution is -2.43. The molecule has 1 aliphatic rings. The van der Waals surface area contributed by atoms with Crippen molar-refractivity contribution >= 4 is 17.5 Å². The van der Waals surface area contributed by atoms with Crippen LogP contribution in [0.5, 0.6) is 0 Å². The van der Waals surface area contributed by atoms with Gasteiger partial charge in [0.05, 0.1) is 18.5 Å². The van der Waals surface area contributed by atoms with Gasteiger partial charge in [-0.2, -0.15) is 4.98 Å². The highest BCUT2D eigenvalue weighted by Gasteiger charge is 2.28. The third-order valence-corrected chi connectivity index (χ3v) is 6.26. The molecule has 0 spiro atoms. The largest absolute Gasteiger partial charge is 0.349 e. The van der Waals surface area contributed by atoms with E-state index in [9.17, 15) is 4.79 Å². The van der Waals surface area contributed by atoms with Crippen molar-refractivity contribution in [1.29, 1.82) is 0 Å². The van der Waals surface area contributed by atoms with Gasteiger partial charge < -0.3 is 9.84 Å². The van der Waals surface area contributed by atoms with Gasteiger partial charge in [0.15, 0.2) is 0 Å². The number of halogens is 1. The van der Waals surface area contributed by atoms with Gasteiger partial charge >= 0.3 is 0 Å². The summed E-state index contributed by atoms with van der Waals surface area (Å²) in [4.78, 5) is 19.8. The zero-order valence-corrected chi connectivity index (χ0v) is 19.3. The highest BCUT2D eigenvalue weighted by molar-refractivity contribution is 6.30. The number of rotatable bonds is 7. The van der Waals surface area contributed by atoms with Gasteiger partial charge in [-0.1, -0.05) is 53.5 Å². The van der Waals surface area contributed by atoms with Crippen molar-refractivity contribution in [2.75, 3.05) is 13.1 Å². The zero-order chi connectivity index (χ0) is 22.5. The van der Waals surface area contributed by atoms with Crippen LogP contribution >= 0.6 is 11.6 Å². The molecule has 168 valence electrons. The smallest absolute Gasteiger partial charge is 0.241 e. The predicted octanol–water partition coefficient (Wildman–Crippen LogP) is 5.18. The van der Waals surface area contributed by atoms with Crippen LogP contribution in [0.2, 0.25) is 5.02 Å². The van der Waals surface area contributed by atoms with E-state index in [4.69, 9.17) is 16.1 Å². The van der Waals surface area contributed by atoms with Crippen molar-refractivity contribution in [3.8, 4) is 11.4 Å². The molecule has 2 unspecified atom stereocenters. The second-order valence-electron chi connectivity index (χ2n) is 8.47. The predicted molar refractivity (Wildman–Crippen MR) is 125 cm³/mol. The number of hydrogen-bond donors (Lipinski definition) is 1. The molecule has 1 aliphatic heterocycles. The highest BCUT2D eigenvalue weighted by atomic mass is 35.5. The average molecular weight is 453 g/mol. The first-order valence-electron chi connectivity index (χ1n) is 11.2. The molecular weight excluding hydrogens is 424 g/mol. The van der Waals surface area contributed by atoms with Gasteiger partial charge in [0.25, 0.3) is 0 Å². The summed E-state index contributed by atoms with van der Waals surface area (Å²) in [7, 11) is 0. The van der Waals surface area contributed by atoms with Crippen LogP contribution in [0.4, 0.5) is 0 Å². The third kappa shape index (κ3) is 5.56. The number of amides is 1. The van der Waals surface area contributed by atoms with E-state index >= 15 is 0 Å². The molecule has 0 aliphatic carbocycles. The maximum absolute atomic E-state index is 13.0. The molecule has 1 aromatic heterocycles. The van der Waals surface area contributed by atoms with Gasteiger partial charge in [0.1, 0.15) is 0 Å². The van der Waals surface area contributed by atoms with Crippen LogP contribution in [-0.2, 0) is 11.3 Å². The van der Waals surface area contributed by atoms with Gasteiger partial charge in [0, 0.05) is 17.1 Å². The molecule has 3 aromatic rings. The summed E-state index contributed by atoms with van der Waals surface area (Å²) in [5.74, 6) is 1.19. The maximum Gasteiger partial charge on any atom is 0.241 e. The van der Waals surface area contributed by atoms with Crippen LogP contribution in [-0.4, -0.2) is 34.0 Å². The molecule has 6 nitrogen and oxygen atoms in total. The highest BCUT2D eigenvalue weighted by Crippen LogP contribution is 2.23. The molecule has 0 radical (unpaired) electrons. The van der Waals surface area contributed by atoms with E-state index < -0.39 is 0 Å². The van der Waals surface area contributed by atoms with Crippen LogP contribution in [0.25, 0.3) is 11.4 Å².